The molecule has 0 radical (unpaired) electrons. The number of rotatable bonds is 2. The summed E-state index contributed by atoms with van der Waals surface area (Å²) in [7, 11) is 0. The molecule has 2 aliphatic heterocycles. The Labute approximate surface area is 184 Å². The van der Waals surface area contributed by atoms with Crippen molar-refractivity contribution in [3.63, 3.8) is 0 Å². The molecule has 6 heteroatoms. The van der Waals surface area contributed by atoms with Crippen molar-refractivity contribution in [3.05, 3.63) is 52.2 Å². The fourth-order valence-electron chi connectivity index (χ4n) is 5.34. The Morgan fingerprint density at radius 2 is 1.90 bits per heavy atom. The van der Waals surface area contributed by atoms with E-state index in [-0.39, 0.29) is 17.1 Å². The molecule has 1 aromatic carbocycles. The molecule has 0 amide bonds. The van der Waals surface area contributed by atoms with Gasteiger partial charge in [-0.1, -0.05) is 43.7 Å². The van der Waals surface area contributed by atoms with Gasteiger partial charge in [-0.25, -0.2) is 0 Å². The van der Waals surface area contributed by atoms with Gasteiger partial charge in [-0.3, -0.25) is 4.79 Å². The summed E-state index contributed by atoms with van der Waals surface area (Å²) in [5.74, 6) is 1.87. The summed E-state index contributed by atoms with van der Waals surface area (Å²) in [6.07, 6.45) is 4.91. The second kappa shape index (κ2) is 7.36. The Kier molecular flexibility index (Phi) is 4.76. The molecule has 3 N–H and O–H groups in total. The van der Waals surface area contributed by atoms with Gasteiger partial charge in [0, 0.05) is 42.3 Å². The van der Waals surface area contributed by atoms with Crippen molar-refractivity contribution in [1.29, 1.82) is 0 Å². The first-order valence-electron chi connectivity index (χ1n) is 11.3. The molecule has 1 atom stereocenters. The molecule has 2 aromatic rings. The molecular weight excluding hydrogens is 386 g/mol. The highest BCUT2D eigenvalue weighted by atomic mass is 16.1. The second-order valence-corrected chi connectivity index (χ2v) is 10.0. The summed E-state index contributed by atoms with van der Waals surface area (Å²) in [6.45, 7) is 8.30. The van der Waals surface area contributed by atoms with Gasteiger partial charge < -0.3 is 16.0 Å². The van der Waals surface area contributed by atoms with Crippen LogP contribution >= 0.6 is 0 Å². The minimum Gasteiger partial charge on any atom is -0.383 e. The molecule has 31 heavy (non-hydrogen) atoms. The quantitative estimate of drug-likeness (QED) is 0.745. The third-order valence-corrected chi connectivity index (χ3v) is 6.74. The van der Waals surface area contributed by atoms with Crippen LogP contribution in [0, 0.1) is 12.3 Å². The van der Waals surface area contributed by atoms with E-state index in [4.69, 9.17) is 15.7 Å². The fraction of sp³-hybridized carbons (Fsp3) is 0.480. The van der Waals surface area contributed by atoms with E-state index in [2.05, 4.69) is 49.2 Å². The number of fused-ring (bicyclic) bond motifs is 1. The number of aromatic nitrogens is 2. The summed E-state index contributed by atoms with van der Waals surface area (Å²) in [5, 5.41) is 3.52. The molecule has 1 fully saturated rings. The average molecular weight is 418 g/mol. The molecular formula is C25H31N5O. The number of ketones is 1. The number of hydrogen-bond acceptors (Lipinski definition) is 6. The molecule has 0 unspecified atom stereocenters. The van der Waals surface area contributed by atoms with Gasteiger partial charge in [0.2, 0.25) is 5.95 Å². The van der Waals surface area contributed by atoms with Crippen LogP contribution in [0.5, 0.6) is 0 Å². The number of hydrogen-bond donors (Lipinski definition) is 2. The number of nitrogen functional groups attached to an aromatic ring is 1. The minimum atomic E-state index is -0.231. The zero-order valence-electron chi connectivity index (χ0n) is 18.7. The van der Waals surface area contributed by atoms with Gasteiger partial charge in [-0.2, -0.15) is 9.97 Å². The van der Waals surface area contributed by atoms with Gasteiger partial charge in [0.1, 0.15) is 11.6 Å². The number of carbonyl (C=O) groups excluding carboxylic acids is 1. The predicted molar refractivity (Wildman–Crippen MR) is 124 cm³/mol. The highest BCUT2D eigenvalue weighted by Gasteiger charge is 2.42. The fourth-order valence-corrected chi connectivity index (χ4v) is 5.34. The number of nitrogens with one attached hydrogen (secondary N) is 1. The van der Waals surface area contributed by atoms with Crippen LogP contribution in [0.2, 0.25) is 0 Å². The third kappa shape index (κ3) is 3.58. The number of allylic oxidation sites excluding steroid dienone is 2. The number of aryl methyl sites for hydroxylation is 1. The SMILES string of the molecule is Cc1cccc([C@@H]2C3=C(CC(C)(C)CC3=O)Nc3nc(N4CCCCC4)nc(N)c32)c1. The van der Waals surface area contributed by atoms with Crippen LogP contribution in [0.15, 0.2) is 35.5 Å². The van der Waals surface area contributed by atoms with Gasteiger partial charge in [-0.15, -0.1) is 0 Å². The van der Waals surface area contributed by atoms with Gasteiger partial charge >= 0.3 is 0 Å². The van der Waals surface area contributed by atoms with Crippen molar-refractivity contribution < 1.29 is 4.79 Å². The number of Topliss-reactive ketones (excluding diaryl/α,β-unsaturated/α-hetero) is 1. The number of nitrogens with two attached hydrogens (primary N) is 1. The van der Waals surface area contributed by atoms with E-state index in [9.17, 15) is 4.79 Å². The third-order valence-electron chi connectivity index (χ3n) is 6.74. The molecule has 1 aliphatic carbocycles. The lowest BCUT2D eigenvalue weighted by atomic mass is 9.69. The molecule has 162 valence electrons. The molecule has 3 aliphatic rings. The molecule has 0 bridgehead atoms. The largest absolute Gasteiger partial charge is 0.383 e. The van der Waals surface area contributed by atoms with E-state index in [0.29, 0.717) is 18.2 Å². The molecule has 5 rings (SSSR count). The summed E-state index contributed by atoms with van der Waals surface area (Å²) < 4.78 is 0. The van der Waals surface area contributed by atoms with Gasteiger partial charge in [0.05, 0.1) is 0 Å². The first-order chi connectivity index (χ1) is 14.8. The summed E-state index contributed by atoms with van der Waals surface area (Å²) in [5.41, 5.74) is 11.4. The van der Waals surface area contributed by atoms with Crippen molar-refractivity contribution in [2.24, 2.45) is 5.41 Å². The molecule has 1 saturated heterocycles. The number of benzene rings is 1. The lowest BCUT2D eigenvalue weighted by Crippen LogP contribution is -2.36. The van der Waals surface area contributed by atoms with Crippen molar-refractivity contribution in [3.8, 4) is 0 Å². The topological polar surface area (TPSA) is 84.1 Å². The maximum Gasteiger partial charge on any atom is 0.229 e. The molecule has 1 aromatic heterocycles. The van der Waals surface area contributed by atoms with Crippen LogP contribution in [0.4, 0.5) is 17.6 Å². The van der Waals surface area contributed by atoms with Crippen LogP contribution in [0.3, 0.4) is 0 Å². The second-order valence-electron chi connectivity index (χ2n) is 10.0. The Morgan fingerprint density at radius 3 is 2.65 bits per heavy atom. The first-order valence-corrected chi connectivity index (χ1v) is 11.3. The number of anilines is 3. The Balaban J connectivity index is 1.68. The summed E-state index contributed by atoms with van der Waals surface area (Å²) in [4.78, 5) is 25.2. The smallest absolute Gasteiger partial charge is 0.229 e. The highest BCUT2D eigenvalue weighted by molar-refractivity contribution is 6.02. The van der Waals surface area contributed by atoms with E-state index in [0.717, 1.165) is 66.1 Å². The Hall–Kier alpha value is -2.89. The Bertz CT molecular complexity index is 1080. The van der Waals surface area contributed by atoms with Gasteiger partial charge in [0.25, 0.3) is 0 Å². The van der Waals surface area contributed by atoms with Gasteiger partial charge in [-0.05, 0) is 43.6 Å². The van der Waals surface area contributed by atoms with Crippen molar-refractivity contribution in [2.45, 2.75) is 58.8 Å². The zero-order chi connectivity index (χ0) is 21.8. The van der Waals surface area contributed by atoms with Crippen molar-refractivity contribution >= 4 is 23.4 Å². The standard InChI is InChI=1S/C25H31N5O/c1-15-8-7-9-16(12-15)19-20-17(13-25(2,3)14-18(20)31)27-23-21(19)22(26)28-24(29-23)30-10-5-4-6-11-30/h7-9,12,19H,4-6,10-11,13-14H2,1-3H3,(H3,26,27,28,29)/t19-/m1/s1. The zero-order valence-corrected chi connectivity index (χ0v) is 18.7. The predicted octanol–water partition coefficient (Wildman–Crippen LogP) is 4.56. The summed E-state index contributed by atoms with van der Waals surface area (Å²) >= 11 is 0. The average Bonchev–Trinajstić information content (AvgIpc) is 2.72. The lowest BCUT2D eigenvalue weighted by molar-refractivity contribution is -0.118. The lowest BCUT2D eigenvalue weighted by Gasteiger charge is -2.39. The van der Waals surface area contributed by atoms with E-state index in [1.165, 1.54) is 6.42 Å². The van der Waals surface area contributed by atoms with E-state index in [1.54, 1.807) is 0 Å². The normalized spacial score (nSPS) is 22.6. The van der Waals surface area contributed by atoms with Crippen LogP contribution < -0.4 is 16.0 Å². The van der Waals surface area contributed by atoms with Gasteiger partial charge in [0.15, 0.2) is 5.78 Å². The Morgan fingerprint density at radius 1 is 1.13 bits per heavy atom. The maximum absolute atomic E-state index is 13.4. The van der Waals surface area contributed by atoms with E-state index >= 15 is 0 Å². The molecule has 3 heterocycles. The number of piperidine rings is 1. The monoisotopic (exact) mass is 417 g/mol. The summed E-state index contributed by atoms with van der Waals surface area (Å²) in [6, 6.07) is 8.35. The minimum absolute atomic E-state index is 0.0775. The van der Waals surface area contributed by atoms with Crippen LogP contribution in [0.25, 0.3) is 0 Å². The maximum atomic E-state index is 13.4. The van der Waals surface area contributed by atoms with Crippen molar-refractivity contribution in [1.82, 2.24) is 9.97 Å². The van der Waals surface area contributed by atoms with E-state index in [1.807, 2.05) is 6.07 Å². The number of carbonyl (C=O) groups is 1. The van der Waals surface area contributed by atoms with Crippen LogP contribution in [0.1, 0.15) is 68.6 Å². The first kappa shape index (κ1) is 20.0. The van der Waals surface area contributed by atoms with Crippen LogP contribution in [-0.2, 0) is 4.79 Å². The molecule has 0 spiro atoms. The molecule has 6 nitrogen and oxygen atoms in total. The van der Waals surface area contributed by atoms with E-state index < -0.39 is 0 Å². The highest BCUT2D eigenvalue weighted by Crippen LogP contribution is 2.50. The molecule has 0 saturated carbocycles. The van der Waals surface area contributed by atoms with Crippen LogP contribution in [-0.4, -0.2) is 28.8 Å². The number of nitrogens with zero attached hydrogens (tertiary/aromatic N) is 3. The van der Waals surface area contributed by atoms with Crippen molar-refractivity contribution in [2.75, 3.05) is 29.0 Å².